The van der Waals surface area contributed by atoms with Crippen LogP contribution in [-0.4, -0.2) is 16.5 Å². The lowest BCUT2D eigenvalue weighted by atomic mass is 9.46. The largest absolute Gasteiger partial charge is 0.368 e. The van der Waals surface area contributed by atoms with Gasteiger partial charge in [0.1, 0.15) is 0 Å². The number of hydrogen-bond donors (Lipinski definition) is 2. The molecular formula is C16H30O2. The van der Waals surface area contributed by atoms with Crippen LogP contribution in [0.1, 0.15) is 66.2 Å². The zero-order chi connectivity index (χ0) is 13.6. The molecule has 0 spiro atoms. The van der Waals surface area contributed by atoms with Gasteiger partial charge < -0.3 is 10.2 Å². The number of rotatable bonds is 2. The molecule has 0 bridgehead atoms. The molecule has 0 saturated heterocycles. The van der Waals surface area contributed by atoms with Crippen molar-refractivity contribution in [3.05, 3.63) is 0 Å². The number of aliphatic hydroxyl groups is 2. The molecule has 0 aliphatic heterocycles. The lowest BCUT2D eigenvalue weighted by Crippen LogP contribution is -2.51. The van der Waals surface area contributed by atoms with Gasteiger partial charge in [-0.25, -0.2) is 0 Å². The second-order valence-electron chi connectivity index (χ2n) is 7.78. The molecule has 2 heteroatoms. The van der Waals surface area contributed by atoms with E-state index in [0.29, 0.717) is 29.1 Å². The zero-order valence-electron chi connectivity index (χ0n) is 12.4. The Morgan fingerprint density at radius 3 is 2.39 bits per heavy atom. The summed E-state index contributed by atoms with van der Waals surface area (Å²) in [5.74, 6) is 1.84. The average Bonchev–Trinajstić information content (AvgIpc) is 2.22. The van der Waals surface area contributed by atoms with Gasteiger partial charge in [-0.15, -0.1) is 0 Å². The van der Waals surface area contributed by atoms with Gasteiger partial charge in [-0.1, -0.05) is 40.5 Å². The molecule has 2 aliphatic carbocycles. The van der Waals surface area contributed by atoms with Crippen LogP contribution < -0.4 is 0 Å². The average molecular weight is 254 g/mol. The standard InChI is InChI=1S/C16H30O2/c1-11-6-7-13-15(2,3)8-5-9-16(13,4)12(11)10-14(17)18/h11-14,17-18H,5-10H2,1-4H3. The van der Waals surface area contributed by atoms with Crippen molar-refractivity contribution >= 4 is 0 Å². The summed E-state index contributed by atoms with van der Waals surface area (Å²) in [6.07, 6.45) is 5.88. The van der Waals surface area contributed by atoms with Crippen LogP contribution >= 0.6 is 0 Å². The third kappa shape index (κ3) is 2.34. The lowest BCUT2D eigenvalue weighted by Gasteiger charge is -2.59. The summed E-state index contributed by atoms with van der Waals surface area (Å²) in [6, 6.07) is 0. The van der Waals surface area contributed by atoms with E-state index < -0.39 is 6.29 Å². The van der Waals surface area contributed by atoms with E-state index in [0.717, 1.165) is 5.92 Å². The second-order valence-corrected chi connectivity index (χ2v) is 7.78. The van der Waals surface area contributed by atoms with E-state index in [4.69, 9.17) is 0 Å². The normalized spacial score (nSPS) is 43.8. The van der Waals surface area contributed by atoms with Gasteiger partial charge in [0.2, 0.25) is 0 Å². The van der Waals surface area contributed by atoms with E-state index in [1.807, 2.05) is 0 Å². The van der Waals surface area contributed by atoms with Crippen LogP contribution in [0.5, 0.6) is 0 Å². The molecule has 2 rings (SSSR count). The maximum atomic E-state index is 9.41. The van der Waals surface area contributed by atoms with Gasteiger partial charge in [0, 0.05) is 6.42 Å². The van der Waals surface area contributed by atoms with Crippen molar-refractivity contribution < 1.29 is 10.2 Å². The first kappa shape index (κ1) is 14.3. The van der Waals surface area contributed by atoms with Gasteiger partial charge in [0.15, 0.2) is 6.29 Å². The van der Waals surface area contributed by atoms with E-state index >= 15 is 0 Å². The van der Waals surface area contributed by atoms with Crippen LogP contribution in [0, 0.1) is 28.6 Å². The van der Waals surface area contributed by atoms with Gasteiger partial charge in [0.05, 0.1) is 0 Å². The van der Waals surface area contributed by atoms with Gasteiger partial charge in [-0.3, -0.25) is 0 Å². The highest BCUT2D eigenvalue weighted by Crippen LogP contribution is 2.61. The van der Waals surface area contributed by atoms with Crippen molar-refractivity contribution in [1.82, 2.24) is 0 Å². The summed E-state index contributed by atoms with van der Waals surface area (Å²) in [5, 5.41) is 18.8. The summed E-state index contributed by atoms with van der Waals surface area (Å²) in [7, 11) is 0. The molecule has 2 saturated carbocycles. The Morgan fingerprint density at radius 2 is 1.78 bits per heavy atom. The maximum Gasteiger partial charge on any atom is 0.151 e. The van der Waals surface area contributed by atoms with Gasteiger partial charge in [-0.2, -0.15) is 0 Å². The SMILES string of the molecule is CC1CCC2C(C)(C)CCCC2(C)C1CC(O)O. The Hall–Kier alpha value is -0.0800. The molecule has 0 amide bonds. The molecule has 18 heavy (non-hydrogen) atoms. The summed E-state index contributed by atoms with van der Waals surface area (Å²) < 4.78 is 0. The molecule has 0 radical (unpaired) electrons. The Balaban J connectivity index is 2.28. The third-order valence-electron chi connectivity index (χ3n) is 6.19. The summed E-state index contributed by atoms with van der Waals surface area (Å²) >= 11 is 0. The predicted molar refractivity (Wildman–Crippen MR) is 74.0 cm³/mol. The topological polar surface area (TPSA) is 40.5 Å². The highest BCUT2D eigenvalue weighted by molar-refractivity contribution is 5.02. The Morgan fingerprint density at radius 1 is 1.11 bits per heavy atom. The third-order valence-corrected chi connectivity index (χ3v) is 6.19. The highest BCUT2D eigenvalue weighted by Gasteiger charge is 2.53. The first-order valence-electron chi connectivity index (χ1n) is 7.63. The minimum atomic E-state index is -1.14. The van der Waals surface area contributed by atoms with Crippen LogP contribution in [-0.2, 0) is 0 Å². The summed E-state index contributed by atoms with van der Waals surface area (Å²) in [6.45, 7) is 9.55. The minimum Gasteiger partial charge on any atom is -0.368 e. The first-order valence-corrected chi connectivity index (χ1v) is 7.63. The maximum absolute atomic E-state index is 9.41. The smallest absolute Gasteiger partial charge is 0.151 e. The van der Waals surface area contributed by atoms with Gasteiger partial charge in [0.25, 0.3) is 0 Å². The molecule has 4 unspecified atom stereocenters. The van der Waals surface area contributed by atoms with Gasteiger partial charge in [-0.05, 0) is 47.8 Å². The molecule has 2 aliphatic rings. The van der Waals surface area contributed by atoms with Crippen LogP contribution in [0.25, 0.3) is 0 Å². The molecule has 2 fully saturated rings. The molecule has 106 valence electrons. The second kappa shape index (κ2) is 4.79. The van der Waals surface area contributed by atoms with Crippen LogP contribution in [0.2, 0.25) is 0 Å². The fourth-order valence-corrected chi connectivity index (χ4v) is 5.34. The van der Waals surface area contributed by atoms with Crippen molar-refractivity contribution in [3.63, 3.8) is 0 Å². The molecule has 4 atom stereocenters. The highest BCUT2D eigenvalue weighted by atomic mass is 16.5. The fraction of sp³-hybridized carbons (Fsp3) is 1.00. The van der Waals surface area contributed by atoms with E-state index in [2.05, 4.69) is 27.7 Å². The Kier molecular flexibility index (Phi) is 3.81. The zero-order valence-corrected chi connectivity index (χ0v) is 12.4. The van der Waals surface area contributed by atoms with E-state index in [1.54, 1.807) is 0 Å². The van der Waals surface area contributed by atoms with E-state index in [-0.39, 0.29) is 0 Å². The minimum absolute atomic E-state index is 0.309. The monoisotopic (exact) mass is 254 g/mol. The number of fused-ring (bicyclic) bond motifs is 1. The predicted octanol–water partition coefficient (Wildman–Crippen LogP) is 3.57. The Labute approximate surface area is 112 Å². The number of aliphatic hydroxyl groups excluding tert-OH is 1. The Bertz CT molecular complexity index is 297. The van der Waals surface area contributed by atoms with Crippen molar-refractivity contribution in [2.24, 2.45) is 28.6 Å². The number of hydrogen-bond acceptors (Lipinski definition) is 2. The molecule has 2 nitrogen and oxygen atoms in total. The van der Waals surface area contributed by atoms with Crippen LogP contribution in [0.15, 0.2) is 0 Å². The fourth-order valence-electron chi connectivity index (χ4n) is 5.34. The van der Waals surface area contributed by atoms with Crippen molar-refractivity contribution in [2.45, 2.75) is 72.5 Å². The molecule has 0 aromatic carbocycles. The van der Waals surface area contributed by atoms with E-state index in [9.17, 15) is 10.2 Å². The molecular weight excluding hydrogens is 224 g/mol. The summed E-state index contributed by atoms with van der Waals surface area (Å²) in [4.78, 5) is 0. The molecule has 0 aromatic rings. The molecule has 2 N–H and O–H groups in total. The van der Waals surface area contributed by atoms with Gasteiger partial charge >= 0.3 is 0 Å². The molecule has 0 heterocycles. The van der Waals surface area contributed by atoms with Crippen molar-refractivity contribution in [2.75, 3.05) is 0 Å². The van der Waals surface area contributed by atoms with Crippen LogP contribution in [0.4, 0.5) is 0 Å². The lowest BCUT2D eigenvalue weighted by molar-refractivity contribution is -0.135. The van der Waals surface area contributed by atoms with Crippen LogP contribution in [0.3, 0.4) is 0 Å². The quantitative estimate of drug-likeness (QED) is 0.740. The van der Waals surface area contributed by atoms with Crippen molar-refractivity contribution in [1.29, 1.82) is 0 Å². The summed E-state index contributed by atoms with van der Waals surface area (Å²) in [5.41, 5.74) is 0.731. The molecule has 0 aromatic heterocycles. The first-order chi connectivity index (χ1) is 8.27. The van der Waals surface area contributed by atoms with Crippen molar-refractivity contribution in [3.8, 4) is 0 Å². The van der Waals surface area contributed by atoms with E-state index in [1.165, 1.54) is 32.1 Å².